The molecular weight excluding hydrogens is 452 g/mol. The molecule has 2 rings (SSSR count). The van der Waals surface area contributed by atoms with E-state index in [4.69, 9.17) is 16.3 Å². The maximum atomic E-state index is 13.7. The summed E-state index contributed by atoms with van der Waals surface area (Å²) < 4.78 is 20.5. The van der Waals surface area contributed by atoms with Gasteiger partial charge in [-0.25, -0.2) is 4.39 Å². The first-order valence-corrected chi connectivity index (χ1v) is 8.59. The standard InChI is InChI=1S/C16H13Br2ClFNO2/c1-8-5-13(15(18)9(2)16(8)19)23-7-14(22)21-12-4-3-10(17)6-11(12)20/h3-6H,7H2,1-2H3,(H,21,22). The number of aryl methyl sites for hydroxylation is 1. The molecule has 1 N–H and O–H groups in total. The molecule has 0 unspecified atom stereocenters. The molecule has 0 atom stereocenters. The number of hydrogen-bond acceptors (Lipinski definition) is 2. The normalized spacial score (nSPS) is 10.5. The van der Waals surface area contributed by atoms with E-state index >= 15 is 0 Å². The lowest BCUT2D eigenvalue weighted by Gasteiger charge is -2.13. The van der Waals surface area contributed by atoms with Crippen LogP contribution in [0.15, 0.2) is 33.2 Å². The van der Waals surface area contributed by atoms with Crippen LogP contribution in [0.3, 0.4) is 0 Å². The SMILES string of the molecule is Cc1cc(OCC(=O)Nc2ccc(Br)cc2F)c(Br)c(C)c1Cl. The predicted octanol–water partition coefficient (Wildman–Crippen LogP) is 5.64. The van der Waals surface area contributed by atoms with Crippen LogP contribution < -0.4 is 10.1 Å². The van der Waals surface area contributed by atoms with Crippen molar-refractivity contribution in [2.24, 2.45) is 0 Å². The van der Waals surface area contributed by atoms with E-state index in [1.807, 2.05) is 13.8 Å². The van der Waals surface area contributed by atoms with Crippen LogP contribution in [-0.4, -0.2) is 12.5 Å². The second-order valence-electron chi connectivity index (χ2n) is 4.91. The Balaban J connectivity index is 2.05. The highest BCUT2D eigenvalue weighted by atomic mass is 79.9. The number of anilines is 1. The molecule has 0 heterocycles. The molecule has 0 saturated heterocycles. The van der Waals surface area contributed by atoms with E-state index in [0.29, 0.717) is 19.7 Å². The Labute approximate surface area is 155 Å². The third-order valence-electron chi connectivity index (χ3n) is 3.13. The van der Waals surface area contributed by atoms with Crippen molar-refractivity contribution >= 4 is 55.1 Å². The number of halogens is 4. The monoisotopic (exact) mass is 463 g/mol. The molecule has 122 valence electrons. The van der Waals surface area contributed by atoms with Crippen LogP contribution in [-0.2, 0) is 4.79 Å². The Morgan fingerprint density at radius 3 is 2.65 bits per heavy atom. The molecule has 0 aliphatic rings. The third-order valence-corrected chi connectivity index (χ3v) is 5.19. The maximum absolute atomic E-state index is 13.7. The fraction of sp³-hybridized carbons (Fsp3) is 0.188. The summed E-state index contributed by atoms with van der Waals surface area (Å²) in [5, 5.41) is 3.11. The quantitative estimate of drug-likeness (QED) is 0.635. The van der Waals surface area contributed by atoms with Gasteiger partial charge in [-0.05, 0) is 65.2 Å². The van der Waals surface area contributed by atoms with Crippen LogP contribution in [0.1, 0.15) is 11.1 Å². The topological polar surface area (TPSA) is 38.3 Å². The number of ether oxygens (including phenoxy) is 1. The molecule has 2 aromatic rings. The number of hydrogen-bond donors (Lipinski definition) is 1. The predicted molar refractivity (Wildman–Crippen MR) is 96.9 cm³/mol. The third kappa shape index (κ3) is 4.46. The van der Waals surface area contributed by atoms with Crippen LogP contribution in [0.4, 0.5) is 10.1 Å². The zero-order chi connectivity index (χ0) is 17.1. The van der Waals surface area contributed by atoms with Crippen LogP contribution in [0.25, 0.3) is 0 Å². The fourth-order valence-corrected chi connectivity index (χ4v) is 2.95. The van der Waals surface area contributed by atoms with Crippen molar-refractivity contribution in [2.45, 2.75) is 13.8 Å². The van der Waals surface area contributed by atoms with Gasteiger partial charge in [0, 0.05) is 9.50 Å². The van der Waals surface area contributed by atoms with Gasteiger partial charge in [0.15, 0.2) is 6.61 Å². The highest BCUT2D eigenvalue weighted by Crippen LogP contribution is 2.35. The summed E-state index contributed by atoms with van der Waals surface area (Å²) in [5.74, 6) is -0.466. The maximum Gasteiger partial charge on any atom is 0.262 e. The van der Waals surface area contributed by atoms with Crippen molar-refractivity contribution < 1.29 is 13.9 Å². The Morgan fingerprint density at radius 1 is 1.30 bits per heavy atom. The van der Waals surface area contributed by atoms with Crippen LogP contribution >= 0.6 is 43.5 Å². The second-order valence-corrected chi connectivity index (χ2v) is 6.99. The fourth-order valence-electron chi connectivity index (χ4n) is 1.93. The van der Waals surface area contributed by atoms with Crippen molar-refractivity contribution in [1.29, 1.82) is 0 Å². The summed E-state index contributed by atoms with van der Waals surface area (Å²) in [6.45, 7) is 3.46. The van der Waals surface area contributed by atoms with Gasteiger partial charge in [-0.1, -0.05) is 27.5 Å². The lowest BCUT2D eigenvalue weighted by Crippen LogP contribution is -2.21. The van der Waals surface area contributed by atoms with Gasteiger partial charge in [0.25, 0.3) is 5.91 Å². The highest BCUT2D eigenvalue weighted by molar-refractivity contribution is 9.10. The van der Waals surface area contributed by atoms with Crippen LogP contribution in [0.2, 0.25) is 5.02 Å². The van der Waals surface area contributed by atoms with Crippen LogP contribution in [0.5, 0.6) is 5.75 Å². The largest absolute Gasteiger partial charge is 0.483 e. The molecule has 0 spiro atoms. The number of benzene rings is 2. The summed E-state index contributed by atoms with van der Waals surface area (Å²) in [6.07, 6.45) is 0. The summed E-state index contributed by atoms with van der Waals surface area (Å²) in [5.41, 5.74) is 1.78. The minimum absolute atomic E-state index is 0.101. The molecule has 0 aliphatic carbocycles. The molecule has 0 aromatic heterocycles. The van der Waals surface area contributed by atoms with Crippen molar-refractivity contribution in [3.8, 4) is 5.75 Å². The summed E-state index contributed by atoms with van der Waals surface area (Å²) in [7, 11) is 0. The molecule has 0 saturated carbocycles. The van der Waals surface area contributed by atoms with Gasteiger partial charge >= 0.3 is 0 Å². The van der Waals surface area contributed by atoms with E-state index in [1.54, 1.807) is 12.1 Å². The van der Waals surface area contributed by atoms with Crippen molar-refractivity contribution in [3.05, 3.63) is 55.2 Å². The minimum Gasteiger partial charge on any atom is -0.483 e. The van der Waals surface area contributed by atoms with Crippen molar-refractivity contribution in [2.75, 3.05) is 11.9 Å². The van der Waals surface area contributed by atoms with Gasteiger partial charge in [-0.2, -0.15) is 0 Å². The molecule has 0 aliphatic heterocycles. The number of carbonyl (C=O) groups excluding carboxylic acids is 1. The van der Waals surface area contributed by atoms with Gasteiger partial charge in [0.2, 0.25) is 0 Å². The van der Waals surface area contributed by atoms with Gasteiger partial charge in [0.1, 0.15) is 11.6 Å². The molecule has 3 nitrogen and oxygen atoms in total. The Morgan fingerprint density at radius 2 is 2.00 bits per heavy atom. The van der Waals surface area contributed by atoms with Gasteiger partial charge in [-0.3, -0.25) is 4.79 Å². The van der Waals surface area contributed by atoms with E-state index in [0.717, 1.165) is 11.1 Å². The molecule has 0 fully saturated rings. The van der Waals surface area contributed by atoms with E-state index < -0.39 is 11.7 Å². The number of rotatable bonds is 4. The van der Waals surface area contributed by atoms with E-state index in [1.165, 1.54) is 12.1 Å². The first kappa shape index (κ1) is 18.2. The van der Waals surface area contributed by atoms with E-state index in [2.05, 4.69) is 37.2 Å². The van der Waals surface area contributed by atoms with Crippen molar-refractivity contribution in [3.63, 3.8) is 0 Å². The Bertz CT molecular complexity index is 768. The average molecular weight is 466 g/mol. The summed E-state index contributed by atoms with van der Waals surface area (Å²) >= 11 is 12.7. The zero-order valence-corrected chi connectivity index (χ0v) is 16.3. The van der Waals surface area contributed by atoms with Gasteiger partial charge < -0.3 is 10.1 Å². The Kier molecular flexibility index (Phi) is 6.06. The molecule has 2 aromatic carbocycles. The van der Waals surface area contributed by atoms with E-state index in [-0.39, 0.29) is 12.3 Å². The molecule has 0 radical (unpaired) electrons. The first-order valence-electron chi connectivity index (χ1n) is 6.62. The van der Waals surface area contributed by atoms with Crippen molar-refractivity contribution in [1.82, 2.24) is 0 Å². The smallest absolute Gasteiger partial charge is 0.262 e. The summed E-state index contributed by atoms with van der Waals surface area (Å²) in [4.78, 5) is 11.9. The molecule has 23 heavy (non-hydrogen) atoms. The molecule has 1 amide bonds. The first-order chi connectivity index (χ1) is 10.8. The molecule has 0 bridgehead atoms. The number of carbonyl (C=O) groups is 1. The Hall–Kier alpha value is -1.11. The lowest BCUT2D eigenvalue weighted by atomic mass is 10.1. The summed E-state index contributed by atoms with van der Waals surface area (Å²) in [6, 6.07) is 6.14. The lowest BCUT2D eigenvalue weighted by molar-refractivity contribution is -0.118. The number of amides is 1. The highest BCUT2D eigenvalue weighted by Gasteiger charge is 2.13. The van der Waals surface area contributed by atoms with E-state index in [9.17, 15) is 9.18 Å². The minimum atomic E-state index is -0.521. The number of nitrogens with one attached hydrogen (secondary N) is 1. The van der Waals surface area contributed by atoms with Crippen LogP contribution in [0, 0.1) is 19.7 Å². The van der Waals surface area contributed by atoms with Gasteiger partial charge in [-0.15, -0.1) is 0 Å². The average Bonchev–Trinajstić information content (AvgIpc) is 2.50. The molecular formula is C16H13Br2ClFNO2. The zero-order valence-electron chi connectivity index (χ0n) is 12.3. The second kappa shape index (κ2) is 7.64. The van der Waals surface area contributed by atoms with Gasteiger partial charge in [0.05, 0.1) is 10.2 Å². The molecule has 7 heteroatoms.